The van der Waals surface area contributed by atoms with E-state index >= 15 is 0 Å². The summed E-state index contributed by atoms with van der Waals surface area (Å²) in [6.45, 7) is 0. The van der Waals surface area contributed by atoms with Crippen molar-refractivity contribution in [1.29, 1.82) is 0 Å². The highest BCUT2D eigenvalue weighted by atomic mass is 32.1. The SMILES string of the molecule is NC(=O)C1=CC=CN(c2ccc(C(F)(F)F)cc2)C1S. The number of allylic oxidation sites excluding steroid dienone is 2. The molecule has 0 aromatic heterocycles. The van der Waals surface area contributed by atoms with Gasteiger partial charge in [-0.15, -0.1) is 12.6 Å². The average Bonchev–Trinajstić information content (AvgIpc) is 2.38. The molecule has 20 heavy (non-hydrogen) atoms. The molecule has 3 nitrogen and oxygen atoms in total. The van der Waals surface area contributed by atoms with Crippen molar-refractivity contribution in [3.05, 3.63) is 53.8 Å². The summed E-state index contributed by atoms with van der Waals surface area (Å²) in [4.78, 5) is 12.8. The molecule has 0 saturated heterocycles. The van der Waals surface area contributed by atoms with Crippen LogP contribution in [0.2, 0.25) is 0 Å². The Kier molecular flexibility index (Phi) is 3.80. The van der Waals surface area contributed by atoms with E-state index in [1.165, 1.54) is 18.2 Å². The lowest BCUT2D eigenvalue weighted by Crippen LogP contribution is -2.35. The van der Waals surface area contributed by atoms with Gasteiger partial charge in [0.15, 0.2) is 0 Å². The molecule has 0 bridgehead atoms. The van der Waals surface area contributed by atoms with Crippen molar-refractivity contribution < 1.29 is 18.0 Å². The maximum atomic E-state index is 12.5. The zero-order chi connectivity index (χ0) is 14.9. The molecule has 0 fully saturated rings. The third kappa shape index (κ3) is 2.82. The number of primary amides is 1. The maximum absolute atomic E-state index is 12.5. The Labute approximate surface area is 119 Å². The number of hydrogen-bond donors (Lipinski definition) is 2. The van der Waals surface area contributed by atoms with Gasteiger partial charge in [0.25, 0.3) is 0 Å². The number of benzene rings is 1. The van der Waals surface area contributed by atoms with Crippen molar-refractivity contribution >= 4 is 24.2 Å². The van der Waals surface area contributed by atoms with Crippen LogP contribution in [0, 0.1) is 0 Å². The van der Waals surface area contributed by atoms with Gasteiger partial charge < -0.3 is 10.6 Å². The first-order valence-electron chi connectivity index (χ1n) is 5.62. The molecular weight excluding hydrogens is 289 g/mol. The Morgan fingerprint density at radius 1 is 1.25 bits per heavy atom. The predicted octanol–water partition coefficient (Wildman–Crippen LogP) is 2.71. The summed E-state index contributed by atoms with van der Waals surface area (Å²) in [7, 11) is 0. The van der Waals surface area contributed by atoms with E-state index in [9.17, 15) is 18.0 Å². The largest absolute Gasteiger partial charge is 0.416 e. The van der Waals surface area contributed by atoms with Crippen LogP contribution in [0.1, 0.15) is 5.56 Å². The van der Waals surface area contributed by atoms with E-state index in [4.69, 9.17) is 5.73 Å². The molecule has 0 spiro atoms. The molecule has 1 unspecified atom stereocenters. The smallest absolute Gasteiger partial charge is 0.366 e. The Balaban J connectivity index is 2.27. The Morgan fingerprint density at radius 3 is 2.35 bits per heavy atom. The molecule has 1 aromatic carbocycles. The number of nitrogens with two attached hydrogens (primary N) is 1. The highest BCUT2D eigenvalue weighted by Gasteiger charge is 2.30. The van der Waals surface area contributed by atoms with Gasteiger partial charge in [-0.3, -0.25) is 4.79 Å². The van der Waals surface area contributed by atoms with Crippen molar-refractivity contribution in [3.63, 3.8) is 0 Å². The normalized spacial score (nSPS) is 18.9. The van der Waals surface area contributed by atoms with Crippen molar-refractivity contribution in [2.45, 2.75) is 11.6 Å². The van der Waals surface area contributed by atoms with Crippen molar-refractivity contribution in [3.8, 4) is 0 Å². The third-order valence-corrected chi connectivity index (χ3v) is 3.37. The number of halogens is 3. The second-order valence-corrected chi connectivity index (χ2v) is 4.64. The summed E-state index contributed by atoms with van der Waals surface area (Å²) in [5.41, 5.74) is 5.24. The number of thiol groups is 1. The number of carbonyl (C=O) groups is 1. The molecule has 0 aliphatic carbocycles. The summed E-state index contributed by atoms with van der Waals surface area (Å²) in [6.07, 6.45) is 0.354. The Bertz CT molecular complexity index is 578. The summed E-state index contributed by atoms with van der Waals surface area (Å²) in [5, 5.41) is -0.630. The van der Waals surface area contributed by atoms with Crippen LogP contribution in [-0.2, 0) is 11.0 Å². The topological polar surface area (TPSA) is 46.3 Å². The lowest BCUT2D eigenvalue weighted by molar-refractivity contribution is -0.137. The second-order valence-electron chi connectivity index (χ2n) is 4.15. The van der Waals surface area contributed by atoms with Crippen molar-refractivity contribution in [2.24, 2.45) is 5.73 Å². The van der Waals surface area contributed by atoms with E-state index in [0.717, 1.165) is 12.1 Å². The van der Waals surface area contributed by atoms with Gasteiger partial charge in [0, 0.05) is 17.5 Å². The molecule has 0 saturated carbocycles. The van der Waals surface area contributed by atoms with Crippen LogP contribution >= 0.6 is 12.6 Å². The number of amides is 1. The first-order valence-corrected chi connectivity index (χ1v) is 6.14. The lowest BCUT2D eigenvalue weighted by Gasteiger charge is -2.30. The fourth-order valence-corrected chi connectivity index (χ4v) is 2.24. The van der Waals surface area contributed by atoms with E-state index in [-0.39, 0.29) is 5.57 Å². The summed E-state index contributed by atoms with van der Waals surface area (Å²) in [5.74, 6) is -0.619. The minimum Gasteiger partial charge on any atom is -0.366 e. The van der Waals surface area contributed by atoms with Crippen molar-refractivity contribution in [1.82, 2.24) is 0 Å². The van der Waals surface area contributed by atoms with E-state index < -0.39 is 23.0 Å². The molecule has 7 heteroatoms. The standard InChI is InChI=1S/C13H11F3N2OS/c14-13(15,16)8-3-5-9(6-4-8)18-7-1-2-10(11(17)19)12(18)20/h1-7,12,20H,(H2,17,19). The second kappa shape index (κ2) is 5.24. The summed E-state index contributed by atoms with van der Waals surface area (Å²) < 4.78 is 37.5. The Morgan fingerprint density at radius 2 is 1.85 bits per heavy atom. The number of rotatable bonds is 2. The van der Waals surface area contributed by atoms with Gasteiger partial charge >= 0.3 is 6.18 Å². The number of carbonyl (C=O) groups excluding carboxylic acids is 1. The minimum absolute atomic E-state index is 0.274. The monoisotopic (exact) mass is 300 g/mol. The molecule has 1 atom stereocenters. The molecule has 106 valence electrons. The highest BCUT2D eigenvalue weighted by molar-refractivity contribution is 7.81. The van der Waals surface area contributed by atoms with Crippen LogP contribution in [0.25, 0.3) is 0 Å². The number of hydrogen-bond acceptors (Lipinski definition) is 3. The molecule has 1 aromatic rings. The fraction of sp³-hybridized carbons (Fsp3) is 0.154. The molecule has 1 amide bonds. The first-order chi connectivity index (χ1) is 9.30. The molecule has 2 N–H and O–H groups in total. The van der Waals surface area contributed by atoms with Gasteiger partial charge in [-0.2, -0.15) is 13.2 Å². The lowest BCUT2D eigenvalue weighted by atomic mass is 10.1. The number of nitrogens with zero attached hydrogens (tertiary/aromatic N) is 1. The molecule has 2 rings (SSSR count). The van der Waals surface area contributed by atoms with Gasteiger partial charge in [-0.25, -0.2) is 0 Å². The van der Waals surface area contributed by atoms with E-state index in [2.05, 4.69) is 12.6 Å². The quantitative estimate of drug-likeness (QED) is 0.825. The Hall–Kier alpha value is -1.89. The van der Waals surface area contributed by atoms with Gasteiger partial charge in [-0.1, -0.05) is 0 Å². The van der Waals surface area contributed by atoms with Crippen LogP contribution in [0.3, 0.4) is 0 Å². The molecule has 1 aliphatic rings. The zero-order valence-electron chi connectivity index (χ0n) is 10.1. The fourth-order valence-electron chi connectivity index (χ4n) is 1.82. The summed E-state index contributed by atoms with van der Waals surface area (Å²) >= 11 is 4.27. The number of anilines is 1. The average molecular weight is 300 g/mol. The van der Waals surface area contributed by atoms with Crippen LogP contribution in [0.4, 0.5) is 18.9 Å². The first kappa shape index (κ1) is 14.5. The maximum Gasteiger partial charge on any atom is 0.416 e. The van der Waals surface area contributed by atoms with E-state index in [1.807, 2.05) is 0 Å². The zero-order valence-corrected chi connectivity index (χ0v) is 11.0. The molecule has 0 radical (unpaired) electrons. The third-order valence-electron chi connectivity index (χ3n) is 2.84. The highest BCUT2D eigenvalue weighted by Crippen LogP contribution is 2.32. The number of alkyl halides is 3. The van der Waals surface area contributed by atoms with Crippen LogP contribution in [-0.4, -0.2) is 11.3 Å². The molecule has 1 heterocycles. The van der Waals surface area contributed by atoms with Gasteiger partial charge in [0.05, 0.1) is 5.56 Å². The van der Waals surface area contributed by atoms with Gasteiger partial charge in [0.1, 0.15) is 5.37 Å². The van der Waals surface area contributed by atoms with E-state index in [0.29, 0.717) is 5.69 Å². The summed E-state index contributed by atoms with van der Waals surface area (Å²) in [6, 6.07) is 4.60. The van der Waals surface area contributed by atoms with Gasteiger partial charge in [0.2, 0.25) is 5.91 Å². The van der Waals surface area contributed by atoms with Crippen LogP contribution in [0.5, 0.6) is 0 Å². The van der Waals surface area contributed by atoms with E-state index in [1.54, 1.807) is 17.2 Å². The molecule has 1 aliphatic heterocycles. The minimum atomic E-state index is -4.38. The van der Waals surface area contributed by atoms with Crippen molar-refractivity contribution in [2.75, 3.05) is 4.90 Å². The van der Waals surface area contributed by atoms with Gasteiger partial charge in [-0.05, 0) is 36.4 Å². The van der Waals surface area contributed by atoms with Crippen LogP contribution in [0.15, 0.2) is 48.2 Å². The van der Waals surface area contributed by atoms with Crippen LogP contribution < -0.4 is 10.6 Å². The molecular formula is C13H11F3N2OS. The predicted molar refractivity (Wildman–Crippen MR) is 73.1 cm³/mol.